The van der Waals surface area contributed by atoms with Crippen molar-refractivity contribution in [2.75, 3.05) is 0 Å². The smallest absolute Gasteiger partial charge is 0.339 e. The van der Waals surface area contributed by atoms with Crippen LogP contribution in [-0.4, -0.2) is 29.1 Å². The number of aromatic carboxylic acids is 1. The van der Waals surface area contributed by atoms with E-state index < -0.39 is 12.1 Å². The maximum absolute atomic E-state index is 12.0. The van der Waals surface area contributed by atoms with E-state index in [-0.39, 0.29) is 23.3 Å². The summed E-state index contributed by atoms with van der Waals surface area (Å²) >= 11 is 2.03. The summed E-state index contributed by atoms with van der Waals surface area (Å²) in [7, 11) is 0. The number of halogens is 1. The molecular formula is C15H20INO4. The second-order valence-corrected chi connectivity index (χ2v) is 6.15. The van der Waals surface area contributed by atoms with Crippen LogP contribution in [0.5, 0.6) is 5.75 Å². The largest absolute Gasteiger partial charge is 0.480 e. The fourth-order valence-electron chi connectivity index (χ4n) is 1.88. The third-order valence-electron chi connectivity index (χ3n) is 2.96. The molecule has 2 unspecified atom stereocenters. The van der Waals surface area contributed by atoms with E-state index >= 15 is 0 Å². The molecule has 5 nitrogen and oxygen atoms in total. The van der Waals surface area contributed by atoms with Gasteiger partial charge in [0, 0.05) is 9.61 Å². The summed E-state index contributed by atoms with van der Waals surface area (Å²) < 4.78 is 6.30. The number of ether oxygens (including phenoxy) is 1. The summed E-state index contributed by atoms with van der Waals surface area (Å²) in [6.45, 7) is 5.59. The van der Waals surface area contributed by atoms with Crippen LogP contribution >= 0.6 is 22.6 Å². The van der Waals surface area contributed by atoms with Crippen LogP contribution in [0.3, 0.4) is 0 Å². The zero-order valence-corrected chi connectivity index (χ0v) is 14.5. The summed E-state index contributed by atoms with van der Waals surface area (Å²) in [6.07, 6.45) is 1.13. The number of rotatable bonds is 7. The van der Waals surface area contributed by atoms with Gasteiger partial charge in [0.15, 0.2) is 6.10 Å². The minimum Gasteiger partial charge on any atom is -0.480 e. The number of nitrogens with one attached hydrogen (secondary N) is 1. The molecule has 1 rings (SSSR count). The van der Waals surface area contributed by atoms with E-state index in [1.165, 1.54) is 6.07 Å². The average molecular weight is 405 g/mol. The summed E-state index contributed by atoms with van der Waals surface area (Å²) in [4.78, 5) is 23.2. The second-order valence-electron chi connectivity index (χ2n) is 4.90. The molecule has 0 spiro atoms. The van der Waals surface area contributed by atoms with Crippen molar-refractivity contribution in [2.24, 2.45) is 0 Å². The van der Waals surface area contributed by atoms with Crippen LogP contribution in [0.25, 0.3) is 0 Å². The van der Waals surface area contributed by atoms with Crippen LogP contribution in [0.15, 0.2) is 18.2 Å². The Morgan fingerprint density at radius 1 is 1.38 bits per heavy atom. The van der Waals surface area contributed by atoms with Gasteiger partial charge in [0.1, 0.15) is 11.3 Å². The molecule has 0 saturated carbocycles. The van der Waals surface area contributed by atoms with E-state index in [0.717, 1.165) is 16.4 Å². The van der Waals surface area contributed by atoms with E-state index in [1.807, 2.05) is 36.4 Å². The van der Waals surface area contributed by atoms with Gasteiger partial charge in [0.2, 0.25) is 0 Å². The Bertz CT molecular complexity index is 518. The van der Waals surface area contributed by atoms with Gasteiger partial charge in [-0.25, -0.2) is 4.79 Å². The van der Waals surface area contributed by atoms with Crippen LogP contribution in [-0.2, 0) is 4.79 Å². The molecule has 0 bridgehead atoms. The lowest BCUT2D eigenvalue weighted by atomic mass is 10.2. The standard InChI is InChI=1S/C15H20INO4/c1-4-5-9(2)17-14(18)10(3)21-13-7-6-11(16)8-12(13)15(19)20/h6-10H,4-5H2,1-3H3,(H,17,18)(H,19,20). The Hall–Kier alpha value is -1.31. The number of amides is 1. The van der Waals surface area contributed by atoms with Crippen molar-refractivity contribution in [1.29, 1.82) is 0 Å². The molecule has 116 valence electrons. The molecule has 2 atom stereocenters. The van der Waals surface area contributed by atoms with Crippen molar-refractivity contribution in [3.8, 4) is 5.75 Å². The first-order valence-corrected chi connectivity index (χ1v) is 7.92. The van der Waals surface area contributed by atoms with Crippen molar-refractivity contribution in [2.45, 2.75) is 45.8 Å². The lowest BCUT2D eigenvalue weighted by molar-refractivity contribution is -0.127. The van der Waals surface area contributed by atoms with Crippen molar-refractivity contribution < 1.29 is 19.4 Å². The Balaban J connectivity index is 2.76. The minimum atomic E-state index is -1.07. The molecule has 0 saturated heterocycles. The highest BCUT2D eigenvalue weighted by molar-refractivity contribution is 14.1. The molecule has 0 fully saturated rings. The monoisotopic (exact) mass is 405 g/mol. The first-order valence-electron chi connectivity index (χ1n) is 6.85. The Kier molecular flexibility index (Phi) is 6.94. The number of carbonyl (C=O) groups is 2. The SMILES string of the molecule is CCCC(C)NC(=O)C(C)Oc1ccc(I)cc1C(=O)O. The van der Waals surface area contributed by atoms with Crippen LogP contribution in [0.2, 0.25) is 0 Å². The van der Waals surface area contributed by atoms with Gasteiger partial charge < -0.3 is 15.2 Å². The maximum atomic E-state index is 12.0. The molecule has 0 heterocycles. The molecule has 2 N–H and O–H groups in total. The predicted molar refractivity (Wildman–Crippen MR) is 88.7 cm³/mol. The van der Waals surface area contributed by atoms with E-state index in [0.29, 0.717) is 0 Å². The Morgan fingerprint density at radius 3 is 2.62 bits per heavy atom. The van der Waals surface area contributed by atoms with Crippen LogP contribution in [0, 0.1) is 3.57 Å². The Morgan fingerprint density at radius 2 is 2.05 bits per heavy atom. The highest BCUT2D eigenvalue weighted by Gasteiger charge is 2.20. The summed E-state index contributed by atoms with van der Waals surface area (Å²) in [5.41, 5.74) is 0.0585. The third-order valence-corrected chi connectivity index (χ3v) is 3.63. The average Bonchev–Trinajstić information content (AvgIpc) is 2.40. The molecule has 0 aliphatic carbocycles. The van der Waals surface area contributed by atoms with Gasteiger partial charge in [-0.3, -0.25) is 4.79 Å². The van der Waals surface area contributed by atoms with Gasteiger partial charge in [0.05, 0.1) is 0 Å². The molecule has 21 heavy (non-hydrogen) atoms. The zero-order valence-electron chi connectivity index (χ0n) is 12.4. The van der Waals surface area contributed by atoms with Crippen molar-refractivity contribution in [1.82, 2.24) is 5.32 Å². The van der Waals surface area contributed by atoms with Gasteiger partial charge in [-0.2, -0.15) is 0 Å². The molecule has 1 aromatic rings. The van der Waals surface area contributed by atoms with Gasteiger partial charge in [-0.15, -0.1) is 0 Å². The minimum absolute atomic E-state index is 0.0585. The van der Waals surface area contributed by atoms with Gasteiger partial charge in [-0.05, 0) is 61.1 Å². The van der Waals surface area contributed by atoms with Gasteiger partial charge in [0.25, 0.3) is 5.91 Å². The van der Waals surface area contributed by atoms with Crippen molar-refractivity contribution in [3.05, 3.63) is 27.3 Å². The number of carboxylic acids is 1. The topological polar surface area (TPSA) is 75.6 Å². The highest BCUT2D eigenvalue weighted by atomic mass is 127. The number of carboxylic acid groups (broad SMARTS) is 1. The van der Waals surface area contributed by atoms with E-state index in [4.69, 9.17) is 4.74 Å². The molecule has 0 aliphatic rings. The third kappa shape index (κ3) is 5.53. The fourth-order valence-corrected chi connectivity index (χ4v) is 2.37. The van der Waals surface area contributed by atoms with Crippen molar-refractivity contribution in [3.63, 3.8) is 0 Å². The predicted octanol–water partition coefficient (Wildman–Crippen LogP) is 3.06. The fraction of sp³-hybridized carbons (Fsp3) is 0.467. The quantitative estimate of drug-likeness (QED) is 0.684. The number of hydrogen-bond acceptors (Lipinski definition) is 3. The second kappa shape index (κ2) is 8.21. The van der Waals surface area contributed by atoms with Crippen LogP contribution in [0.1, 0.15) is 44.0 Å². The molecule has 1 amide bonds. The zero-order chi connectivity index (χ0) is 16.0. The van der Waals surface area contributed by atoms with E-state index in [1.54, 1.807) is 19.1 Å². The molecule has 1 aromatic carbocycles. The summed E-state index contributed by atoms with van der Waals surface area (Å²) in [5.74, 6) is -1.12. The van der Waals surface area contributed by atoms with Gasteiger partial charge in [-0.1, -0.05) is 13.3 Å². The maximum Gasteiger partial charge on any atom is 0.339 e. The van der Waals surface area contributed by atoms with E-state index in [2.05, 4.69) is 5.32 Å². The first-order chi connectivity index (χ1) is 9.85. The first kappa shape index (κ1) is 17.7. The molecule has 0 aliphatic heterocycles. The normalized spacial score (nSPS) is 13.3. The molecule has 0 radical (unpaired) electrons. The lowest BCUT2D eigenvalue weighted by Gasteiger charge is -2.19. The number of benzene rings is 1. The lowest BCUT2D eigenvalue weighted by Crippen LogP contribution is -2.41. The Labute approximate surface area is 138 Å². The van der Waals surface area contributed by atoms with Crippen molar-refractivity contribution >= 4 is 34.5 Å². The highest BCUT2D eigenvalue weighted by Crippen LogP contribution is 2.22. The van der Waals surface area contributed by atoms with Gasteiger partial charge >= 0.3 is 5.97 Å². The van der Waals surface area contributed by atoms with Crippen LogP contribution in [0.4, 0.5) is 0 Å². The number of carbonyl (C=O) groups excluding carboxylic acids is 1. The summed E-state index contributed by atoms with van der Waals surface area (Å²) in [6, 6.07) is 4.91. The molecular weight excluding hydrogens is 385 g/mol. The molecule has 0 aromatic heterocycles. The molecule has 6 heteroatoms. The van der Waals surface area contributed by atoms with E-state index in [9.17, 15) is 14.7 Å². The number of hydrogen-bond donors (Lipinski definition) is 2. The van der Waals surface area contributed by atoms with Crippen LogP contribution < -0.4 is 10.1 Å². The summed E-state index contributed by atoms with van der Waals surface area (Å²) in [5, 5.41) is 12.0.